The molecule has 0 spiro atoms. The van der Waals surface area contributed by atoms with Crippen LogP contribution in [0.5, 0.6) is 0 Å². The molecule has 0 unspecified atom stereocenters. The van der Waals surface area contributed by atoms with Gasteiger partial charge in [0.05, 0.1) is 12.1 Å². The quantitative estimate of drug-likeness (QED) is 0.502. The number of para-hydroxylation sites is 1. The van der Waals surface area contributed by atoms with E-state index >= 15 is 0 Å². The summed E-state index contributed by atoms with van der Waals surface area (Å²) in [5.74, 6) is -1.16. The van der Waals surface area contributed by atoms with E-state index < -0.39 is 18.5 Å². The molecule has 0 aliphatic rings. The highest BCUT2D eigenvalue weighted by molar-refractivity contribution is 7.10. The number of hydrogen-bond acceptors (Lipinski definition) is 5. The molecule has 3 aromatic rings. The van der Waals surface area contributed by atoms with Crippen LogP contribution >= 0.6 is 11.3 Å². The number of amides is 1. The number of nitrogens with one attached hydrogen (secondary N) is 1. The van der Waals surface area contributed by atoms with Crippen molar-refractivity contribution in [1.29, 1.82) is 0 Å². The van der Waals surface area contributed by atoms with Crippen LogP contribution in [0, 0.1) is 0 Å². The van der Waals surface area contributed by atoms with Gasteiger partial charge in [-0.1, -0.05) is 48.5 Å². The fourth-order valence-electron chi connectivity index (χ4n) is 2.47. The van der Waals surface area contributed by atoms with Gasteiger partial charge in [-0.05, 0) is 23.6 Å². The van der Waals surface area contributed by atoms with Crippen molar-refractivity contribution in [2.45, 2.75) is 6.42 Å². The van der Waals surface area contributed by atoms with Gasteiger partial charge < -0.3 is 10.1 Å². The number of benzene rings is 2. The summed E-state index contributed by atoms with van der Waals surface area (Å²) in [5, 5.41) is 4.51. The predicted molar refractivity (Wildman–Crippen MR) is 104 cm³/mol. The Balaban J connectivity index is 1.61. The summed E-state index contributed by atoms with van der Waals surface area (Å²) in [6, 6.07) is 19.2. The molecule has 0 bridgehead atoms. The molecule has 0 atom stereocenters. The Morgan fingerprint density at radius 3 is 2.37 bits per heavy atom. The number of carbonyl (C=O) groups excluding carboxylic acids is 3. The van der Waals surface area contributed by atoms with Crippen LogP contribution in [0.3, 0.4) is 0 Å². The fraction of sp³-hybridized carbons (Fsp3) is 0.0952. The average Bonchev–Trinajstić information content (AvgIpc) is 3.20. The number of anilines is 1. The van der Waals surface area contributed by atoms with Gasteiger partial charge >= 0.3 is 5.97 Å². The molecule has 1 aromatic heterocycles. The fourth-order valence-corrected chi connectivity index (χ4v) is 3.16. The number of carbonyl (C=O) groups is 3. The Bertz CT molecular complexity index is 936. The van der Waals surface area contributed by atoms with Crippen LogP contribution in [0.2, 0.25) is 0 Å². The minimum absolute atomic E-state index is 0.133. The molecule has 0 saturated carbocycles. The second-order valence-electron chi connectivity index (χ2n) is 5.71. The van der Waals surface area contributed by atoms with Crippen LogP contribution in [0.25, 0.3) is 0 Å². The monoisotopic (exact) mass is 379 g/mol. The van der Waals surface area contributed by atoms with E-state index in [1.54, 1.807) is 48.5 Å². The lowest BCUT2D eigenvalue weighted by Crippen LogP contribution is -2.22. The minimum Gasteiger partial charge on any atom is -0.455 e. The molecular formula is C21H17NO4S. The number of thiophene rings is 1. The van der Waals surface area contributed by atoms with Gasteiger partial charge in [0.1, 0.15) is 0 Å². The number of rotatable bonds is 7. The van der Waals surface area contributed by atoms with E-state index in [0.717, 1.165) is 4.88 Å². The second-order valence-corrected chi connectivity index (χ2v) is 6.74. The van der Waals surface area contributed by atoms with E-state index in [9.17, 15) is 14.4 Å². The van der Waals surface area contributed by atoms with Crippen molar-refractivity contribution in [2.24, 2.45) is 0 Å². The van der Waals surface area contributed by atoms with Gasteiger partial charge in [-0.25, -0.2) is 0 Å². The van der Waals surface area contributed by atoms with Crippen LogP contribution < -0.4 is 5.32 Å². The first kappa shape index (κ1) is 18.5. The molecule has 2 aromatic carbocycles. The molecule has 0 aliphatic carbocycles. The molecule has 0 aliphatic heterocycles. The van der Waals surface area contributed by atoms with Crippen molar-refractivity contribution < 1.29 is 19.1 Å². The van der Waals surface area contributed by atoms with E-state index in [1.807, 2.05) is 23.6 Å². The molecule has 0 fully saturated rings. The number of ether oxygens (including phenoxy) is 1. The highest BCUT2D eigenvalue weighted by atomic mass is 32.1. The lowest BCUT2D eigenvalue weighted by molar-refractivity contribution is -0.146. The molecule has 136 valence electrons. The predicted octanol–water partition coefficient (Wildman–Crippen LogP) is 3.70. The largest absolute Gasteiger partial charge is 0.455 e. The number of hydrogen-bond donors (Lipinski definition) is 1. The zero-order valence-electron chi connectivity index (χ0n) is 14.4. The van der Waals surface area contributed by atoms with Gasteiger partial charge in [0, 0.05) is 16.0 Å². The Kier molecular flexibility index (Phi) is 6.12. The summed E-state index contributed by atoms with van der Waals surface area (Å²) in [6.07, 6.45) is 0.133. The maximum Gasteiger partial charge on any atom is 0.311 e. The van der Waals surface area contributed by atoms with Crippen molar-refractivity contribution in [2.75, 3.05) is 11.9 Å². The number of esters is 1. The van der Waals surface area contributed by atoms with Crippen LogP contribution in [-0.2, 0) is 20.7 Å². The van der Waals surface area contributed by atoms with Crippen LogP contribution in [0.15, 0.2) is 72.1 Å². The zero-order chi connectivity index (χ0) is 19.1. The van der Waals surface area contributed by atoms with Crippen LogP contribution in [0.4, 0.5) is 5.69 Å². The third kappa shape index (κ3) is 5.12. The summed E-state index contributed by atoms with van der Waals surface area (Å²) in [7, 11) is 0. The average molecular weight is 379 g/mol. The molecule has 1 N–H and O–H groups in total. The maximum absolute atomic E-state index is 12.7. The third-order valence-electron chi connectivity index (χ3n) is 3.74. The highest BCUT2D eigenvalue weighted by Gasteiger charge is 2.15. The standard InChI is InChI=1S/C21H17NO4S/c23-19(14-26-20(24)13-16-9-6-12-27-16)22-18-11-5-4-10-17(18)21(25)15-7-2-1-3-8-15/h1-12H,13-14H2,(H,22,23). The van der Waals surface area contributed by atoms with Gasteiger partial charge in [0.2, 0.25) is 0 Å². The van der Waals surface area contributed by atoms with E-state index in [1.165, 1.54) is 11.3 Å². The zero-order valence-corrected chi connectivity index (χ0v) is 15.2. The molecule has 6 heteroatoms. The normalized spacial score (nSPS) is 10.2. The molecular weight excluding hydrogens is 362 g/mol. The molecule has 3 rings (SSSR count). The summed E-state index contributed by atoms with van der Waals surface area (Å²) >= 11 is 1.45. The van der Waals surface area contributed by atoms with Gasteiger partial charge in [-0.3, -0.25) is 14.4 Å². The molecule has 27 heavy (non-hydrogen) atoms. The van der Waals surface area contributed by atoms with E-state index in [-0.39, 0.29) is 12.2 Å². The smallest absolute Gasteiger partial charge is 0.311 e. The van der Waals surface area contributed by atoms with Crippen molar-refractivity contribution in [3.05, 3.63) is 88.1 Å². The molecule has 0 radical (unpaired) electrons. The SMILES string of the molecule is O=C(COC(=O)Cc1cccs1)Nc1ccccc1C(=O)c1ccccc1. The first-order valence-electron chi connectivity index (χ1n) is 8.30. The van der Waals surface area contributed by atoms with E-state index in [0.29, 0.717) is 16.8 Å². The van der Waals surface area contributed by atoms with Gasteiger partial charge in [0.25, 0.3) is 5.91 Å². The first-order valence-corrected chi connectivity index (χ1v) is 9.18. The van der Waals surface area contributed by atoms with Gasteiger partial charge in [0.15, 0.2) is 12.4 Å². The molecule has 1 amide bonds. The Morgan fingerprint density at radius 2 is 1.63 bits per heavy atom. The lowest BCUT2D eigenvalue weighted by Gasteiger charge is -2.11. The molecule has 1 heterocycles. The minimum atomic E-state index is -0.497. The summed E-state index contributed by atoms with van der Waals surface area (Å²) in [5.41, 5.74) is 1.29. The van der Waals surface area contributed by atoms with Gasteiger partial charge in [-0.2, -0.15) is 0 Å². The Labute approximate surface area is 160 Å². The van der Waals surface area contributed by atoms with Crippen molar-refractivity contribution in [3.8, 4) is 0 Å². The molecule has 0 saturated heterocycles. The van der Waals surface area contributed by atoms with Crippen LogP contribution in [0.1, 0.15) is 20.8 Å². The van der Waals surface area contributed by atoms with Crippen LogP contribution in [-0.4, -0.2) is 24.3 Å². The van der Waals surface area contributed by atoms with Crippen molar-refractivity contribution in [3.63, 3.8) is 0 Å². The Morgan fingerprint density at radius 1 is 0.889 bits per heavy atom. The topological polar surface area (TPSA) is 72.5 Å². The summed E-state index contributed by atoms with van der Waals surface area (Å²) < 4.78 is 5.01. The van der Waals surface area contributed by atoms with E-state index in [4.69, 9.17) is 4.74 Å². The third-order valence-corrected chi connectivity index (χ3v) is 4.62. The first-order chi connectivity index (χ1) is 13.1. The van der Waals surface area contributed by atoms with Gasteiger partial charge in [-0.15, -0.1) is 11.3 Å². The van der Waals surface area contributed by atoms with Crippen molar-refractivity contribution in [1.82, 2.24) is 0 Å². The molecule has 5 nitrogen and oxygen atoms in total. The van der Waals surface area contributed by atoms with E-state index in [2.05, 4.69) is 5.32 Å². The summed E-state index contributed by atoms with van der Waals surface area (Å²) in [4.78, 5) is 37.4. The van der Waals surface area contributed by atoms with Crippen molar-refractivity contribution >= 4 is 34.7 Å². The maximum atomic E-state index is 12.7. The highest BCUT2D eigenvalue weighted by Crippen LogP contribution is 2.19. The Hall–Kier alpha value is -3.25. The summed E-state index contributed by atoms with van der Waals surface area (Å²) in [6.45, 7) is -0.405. The lowest BCUT2D eigenvalue weighted by atomic mass is 10.0. The number of ketones is 1. The second kappa shape index (κ2) is 8.91.